The Bertz CT molecular complexity index is 595. The van der Waals surface area contributed by atoms with E-state index in [-0.39, 0.29) is 5.69 Å². The maximum absolute atomic E-state index is 11.0. The highest BCUT2D eigenvalue weighted by atomic mass is 35.5. The number of hydrogen-bond donors (Lipinski definition) is 0. The summed E-state index contributed by atoms with van der Waals surface area (Å²) in [7, 11) is 1.69. The molecule has 0 atom stereocenters. The molecule has 0 spiro atoms. The fourth-order valence-electron chi connectivity index (χ4n) is 1.56. The summed E-state index contributed by atoms with van der Waals surface area (Å²) < 4.78 is 1.52. The van der Waals surface area contributed by atoms with Gasteiger partial charge < -0.3 is 0 Å². The molecule has 0 unspecified atom stereocenters. The van der Waals surface area contributed by atoms with Gasteiger partial charge in [0.15, 0.2) is 5.03 Å². The third-order valence-corrected chi connectivity index (χ3v) is 3.76. The van der Waals surface area contributed by atoms with E-state index in [0.29, 0.717) is 15.7 Å². The van der Waals surface area contributed by atoms with Crippen LogP contribution in [-0.4, -0.2) is 14.7 Å². The predicted octanol–water partition coefficient (Wildman–Crippen LogP) is 3.44. The van der Waals surface area contributed by atoms with Crippen molar-refractivity contribution in [1.82, 2.24) is 9.78 Å². The van der Waals surface area contributed by atoms with E-state index >= 15 is 0 Å². The van der Waals surface area contributed by atoms with E-state index in [0.717, 1.165) is 4.90 Å². The molecule has 0 amide bonds. The van der Waals surface area contributed by atoms with Crippen LogP contribution in [0.5, 0.6) is 0 Å². The minimum atomic E-state index is -0.402. The van der Waals surface area contributed by atoms with E-state index in [1.54, 1.807) is 26.1 Å². The van der Waals surface area contributed by atoms with Crippen LogP contribution in [0.2, 0.25) is 5.02 Å². The van der Waals surface area contributed by atoms with E-state index < -0.39 is 4.92 Å². The van der Waals surface area contributed by atoms with Gasteiger partial charge in [-0.05, 0) is 31.2 Å². The quantitative estimate of drug-likeness (QED) is 0.639. The van der Waals surface area contributed by atoms with E-state index in [2.05, 4.69) is 5.10 Å². The maximum Gasteiger partial charge on any atom is 0.324 e. The van der Waals surface area contributed by atoms with Crippen molar-refractivity contribution in [2.75, 3.05) is 0 Å². The summed E-state index contributed by atoms with van der Waals surface area (Å²) in [5.74, 6) is 0. The molecule has 0 aliphatic carbocycles. The Morgan fingerprint density at radius 1 is 1.39 bits per heavy atom. The van der Waals surface area contributed by atoms with Crippen molar-refractivity contribution in [3.05, 3.63) is 45.1 Å². The van der Waals surface area contributed by atoms with Crippen molar-refractivity contribution < 1.29 is 4.92 Å². The second kappa shape index (κ2) is 4.99. The number of aromatic nitrogens is 2. The molecule has 0 saturated heterocycles. The normalized spacial score (nSPS) is 10.6. The molecule has 0 aliphatic rings. The van der Waals surface area contributed by atoms with Crippen molar-refractivity contribution >= 4 is 29.1 Å². The highest BCUT2D eigenvalue weighted by Crippen LogP contribution is 2.36. The molecular weight excluding hydrogens is 274 g/mol. The Morgan fingerprint density at radius 2 is 2.00 bits per heavy atom. The van der Waals surface area contributed by atoms with Crippen molar-refractivity contribution in [3.63, 3.8) is 0 Å². The number of nitro groups is 1. The predicted molar refractivity (Wildman–Crippen MR) is 70.2 cm³/mol. The third kappa shape index (κ3) is 2.49. The summed E-state index contributed by atoms with van der Waals surface area (Å²) in [5, 5.41) is 16.2. The molecule has 0 radical (unpaired) electrons. The first-order chi connectivity index (χ1) is 8.49. The van der Waals surface area contributed by atoms with Gasteiger partial charge >= 0.3 is 5.69 Å². The van der Waals surface area contributed by atoms with Crippen LogP contribution >= 0.6 is 23.4 Å². The van der Waals surface area contributed by atoms with Gasteiger partial charge in [-0.2, -0.15) is 5.10 Å². The van der Waals surface area contributed by atoms with Crippen molar-refractivity contribution in [1.29, 1.82) is 0 Å². The van der Waals surface area contributed by atoms with Gasteiger partial charge in [-0.15, -0.1) is 0 Å². The SMILES string of the molecule is Cc1nn(C)c(Sc2ccc(Cl)cc2)c1[N+](=O)[O-]. The summed E-state index contributed by atoms with van der Waals surface area (Å²) in [6, 6.07) is 7.13. The fraction of sp³-hybridized carbons (Fsp3) is 0.182. The minimum absolute atomic E-state index is 0.0532. The molecule has 0 N–H and O–H groups in total. The summed E-state index contributed by atoms with van der Waals surface area (Å²) in [5.41, 5.74) is 0.469. The highest BCUT2D eigenvalue weighted by molar-refractivity contribution is 7.99. The van der Waals surface area contributed by atoms with Crippen LogP contribution in [0.25, 0.3) is 0 Å². The molecule has 0 bridgehead atoms. The average Bonchev–Trinajstić information content (AvgIpc) is 2.57. The molecule has 0 fully saturated rings. The number of rotatable bonds is 3. The van der Waals surface area contributed by atoms with Crippen LogP contribution < -0.4 is 0 Å². The molecule has 94 valence electrons. The molecule has 0 aliphatic heterocycles. The van der Waals surface area contributed by atoms with Crippen molar-refractivity contribution in [2.45, 2.75) is 16.8 Å². The van der Waals surface area contributed by atoms with Crippen LogP contribution in [0.15, 0.2) is 34.2 Å². The molecule has 18 heavy (non-hydrogen) atoms. The monoisotopic (exact) mass is 283 g/mol. The lowest BCUT2D eigenvalue weighted by Crippen LogP contribution is -1.94. The molecule has 1 heterocycles. The Kier molecular flexibility index (Phi) is 3.58. The second-order valence-corrected chi connectivity index (χ2v) is 5.17. The van der Waals surface area contributed by atoms with E-state index in [1.807, 2.05) is 12.1 Å². The molecule has 2 aromatic rings. The highest BCUT2D eigenvalue weighted by Gasteiger charge is 2.24. The van der Waals surface area contributed by atoms with Crippen molar-refractivity contribution in [2.24, 2.45) is 7.05 Å². The van der Waals surface area contributed by atoms with Gasteiger partial charge in [0, 0.05) is 17.0 Å². The van der Waals surface area contributed by atoms with Gasteiger partial charge in [-0.3, -0.25) is 14.8 Å². The zero-order valence-corrected chi connectivity index (χ0v) is 11.3. The van der Waals surface area contributed by atoms with Crippen LogP contribution in [0.1, 0.15) is 5.69 Å². The largest absolute Gasteiger partial charge is 0.324 e. The Labute approximate surface area is 113 Å². The smallest absolute Gasteiger partial charge is 0.258 e. The van der Waals surface area contributed by atoms with Crippen LogP contribution in [0.4, 0.5) is 5.69 Å². The number of hydrogen-bond acceptors (Lipinski definition) is 4. The molecular formula is C11H10ClN3O2S. The number of benzene rings is 1. The van der Waals surface area contributed by atoms with Crippen molar-refractivity contribution in [3.8, 4) is 0 Å². The first-order valence-electron chi connectivity index (χ1n) is 5.10. The zero-order chi connectivity index (χ0) is 13.3. The van der Waals surface area contributed by atoms with Gasteiger partial charge in [0.1, 0.15) is 5.69 Å². The van der Waals surface area contributed by atoms with Gasteiger partial charge in [0.25, 0.3) is 0 Å². The van der Waals surface area contributed by atoms with Gasteiger partial charge in [0.2, 0.25) is 0 Å². The molecule has 7 heteroatoms. The number of halogens is 1. The summed E-state index contributed by atoms with van der Waals surface area (Å²) in [6.45, 7) is 1.63. The maximum atomic E-state index is 11.0. The zero-order valence-electron chi connectivity index (χ0n) is 9.75. The standard InChI is InChI=1S/C11H10ClN3O2S/c1-7-10(15(16)17)11(14(2)13-7)18-9-5-3-8(12)4-6-9/h3-6H,1-2H3. The Morgan fingerprint density at radius 3 is 2.56 bits per heavy atom. The lowest BCUT2D eigenvalue weighted by Gasteiger charge is -2.01. The minimum Gasteiger partial charge on any atom is -0.258 e. The van der Waals surface area contributed by atoms with Gasteiger partial charge in [-0.25, -0.2) is 0 Å². The summed E-state index contributed by atoms with van der Waals surface area (Å²) >= 11 is 7.10. The van der Waals surface area contributed by atoms with Crippen LogP contribution in [-0.2, 0) is 7.05 Å². The fourth-order valence-corrected chi connectivity index (χ4v) is 2.68. The Balaban J connectivity index is 2.39. The summed E-state index contributed by atoms with van der Waals surface area (Å²) in [4.78, 5) is 11.5. The van der Waals surface area contributed by atoms with Gasteiger partial charge in [-0.1, -0.05) is 23.4 Å². The van der Waals surface area contributed by atoms with Crippen LogP contribution in [0.3, 0.4) is 0 Å². The van der Waals surface area contributed by atoms with Gasteiger partial charge in [0.05, 0.1) is 4.92 Å². The summed E-state index contributed by atoms with van der Waals surface area (Å²) in [6.07, 6.45) is 0. The molecule has 1 aromatic heterocycles. The van der Waals surface area contributed by atoms with E-state index in [4.69, 9.17) is 11.6 Å². The van der Waals surface area contributed by atoms with E-state index in [1.165, 1.54) is 16.4 Å². The van der Waals surface area contributed by atoms with Crippen LogP contribution in [0, 0.1) is 17.0 Å². The lowest BCUT2D eigenvalue weighted by atomic mass is 10.4. The number of nitrogens with zero attached hydrogens (tertiary/aromatic N) is 3. The molecule has 1 aromatic carbocycles. The topological polar surface area (TPSA) is 61.0 Å². The first kappa shape index (κ1) is 12.9. The molecule has 2 rings (SSSR count). The first-order valence-corrected chi connectivity index (χ1v) is 6.30. The second-order valence-electron chi connectivity index (χ2n) is 3.68. The van der Waals surface area contributed by atoms with E-state index in [9.17, 15) is 10.1 Å². The molecule has 5 nitrogen and oxygen atoms in total. The third-order valence-electron chi connectivity index (χ3n) is 2.35. The number of aryl methyl sites for hydroxylation is 2. The lowest BCUT2D eigenvalue weighted by molar-refractivity contribution is -0.388. The average molecular weight is 284 g/mol. The Hall–Kier alpha value is -1.53. The molecule has 0 saturated carbocycles.